The van der Waals surface area contributed by atoms with Crippen LogP contribution in [-0.2, 0) is 14.8 Å². The molecule has 2 aromatic carbocycles. The van der Waals surface area contributed by atoms with E-state index < -0.39 is 10.0 Å². The van der Waals surface area contributed by atoms with E-state index in [0.717, 1.165) is 29.4 Å². The maximum atomic E-state index is 12.7. The molecule has 1 aliphatic heterocycles. The summed E-state index contributed by atoms with van der Waals surface area (Å²) < 4.78 is 26.3. The molecule has 29 heavy (non-hydrogen) atoms. The summed E-state index contributed by atoms with van der Waals surface area (Å²) in [4.78, 5) is 14.7. The fraction of sp³-hybridized carbons (Fsp3) is 0.333. The second-order valence-corrected chi connectivity index (χ2v) is 9.13. The summed E-state index contributed by atoms with van der Waals surface area (Å²) in [5, 5.41) is 11.8. The molecule has 1 saturated heterocycles. The molecule has 7 nitrogen and oxygen atoms in total. The largest absolute Gasteiger partial charge is 0.369 e. The van der Waals surface area contributed by atoms with E-state index in [1.807, 2.05) is 36.4 Å². The highest BCUT2D eigenvalue weighted by Gasteiger charge is 2.26. The number of nitriles is 1. The van der Waals surface area contributed by atoms with E-state index in [0.29, 0.717) is 12.1 Å². The predicted molar refractivity (Wildman–Crippen MR) is 111 cm³/mol. The lowest BCUT2D eigenvalue weighted by Gasteiger charge is -2.35. The van der Waals surface area contributed by atoms with Gasteiger partial charge in [-0.25, -0.2) is 8.42 Å². The standard InChI is InChI=1S/C21H24N4O3S/c1-24(29(27,28)20-11-9-17(14-22)10-12-20)16-21(26)23-18-6-5-13-25(15-18)19-7-3-2-4-8-19/h2-4,7-12,18H,5-6,13,15-16H2,1H3,(H,23,26). The molecule has 0 radical (unpaired) electrons. The van der Waals surface area contributed by atoms with E-state index in [1.165, 1.54) is 31.3 Å². The summed E-state index contributed by atoms with van der Waals surface area (Å²) in [5.74, 6) is -0.329. The molecule has 0 bridgehead atoms. The molecule has 1 unspecified atom stereocenters. The normalized spacial score (nSPS) is 17.0. The van der Waals surface area contributed by atoms with Gasteiger partial charge in [0.15, 0.2) is 0 Å². The van der Waals surface area contributed by atoms with Crippen LogP contribution in [0.1, 0.15) is 18.4 Å². The molecule has 1 amide bonds. The highest BCUT2D eigenvalue weighted by molar-refractivity contribution is 7.89. The van der Waals surface area contributed by atoms with Crippen LogP contribution < -0.4 is 10.2 Å². The molecule has 1 atom stereocenters. The number of sulfonamides is 1. The lowest BCUT2D eigenvalue weighted by Crippen LogP contribution is -2.50. The van der Waals surface area contributed by atoms with Crippen molar-refractivity contribution in [3.63, 3.8) is 0 Å². The monoisotopic (exact) mass is 412 g/mol. The van der Waals surface area contributed by atoms with Gasteiger partial charge >= 0.3 is 0 Å². The zero-order valence-electron chi connectivity index (χ0n) is 16.3. The molecule has 8 heteroatoms. The second kappa shape index (κ2) is 9.07. The molecule has 0 saturated carbocycles. The Hall–Kier alpha value is -2.89. The maximum absolute atomic E-state index is 12.7. The highest BCUT2D eigenvalue weighted by Crippen LogP contribution is 2.19. The van der Waals surface area contributed by atoms with E-state index in [-0.39, 0.29) is 23.4 Å². The first-order valence-corrected chi connectivity index (χ1v) is 10.9. The number of benzene rings is 2. The van der Waals surface area contributed by atoms with Crippen molar-refractivity contribution in [1.29, 1.82) is 5.26 Å². The van der Waals surface area contributed by atoms with E-state index in [2.05, 4.69) is 10.2 Å². The number of carbonyl (C=O) groups excluding carboxylic acids is 1. The Morgan fingerprint density at radius 3 is 2.55 bits per heavy atom. The Labute approximate surface area is 171 Å². The van der Waals surface area contributed by atoms with Gasteiger partial charge in [-0.2, -0.15) is 9.57 Å². The lowest BCUT2D eigenvalue weighted by molar-refractivity contribution is -0.121. The summed E-state index contributed by atoms with van der Waals surface area (Å²) >= 11 is 0. The minimum absolute atomic E-state index is 0.0255. The summed E-state index contributed by atoms with van der Waals surface area (Å²) in [6.45, 7) is 1.37. The SMILES string of the molecule is CN(CC(=O)NC1CCCN(c2ccccc2)C1)S(=O)(=O)c1ccc(C#N)cc1. The van der Waals surface area contributed by atoms with Gasteiger partial charge in [0.05, 0.1) is 23.1 Å². The summed E-state index contributed by atoms with van der Waals surface area (Å²) in [6, 6.07) is 17.6. The molecule has 3 rings (SSSR count). The van der Waals surface area contributed by atoms with Crippen LogP contribution in [0.4, 0.5) is 5.69 Å². The lowest BCUT2D eigenvalue weighted by atomic mass is 10.0. The quantitative estimate of drug-likeness (QED) is 0.783. The Morgan fingerprint density at radius 1 is 1.21 bits per heavy atom. The zero-order chi connectivity index (χ0) is 20.9. The number of nitrogens with one attached hydrogen (secondary N) is 1. The molecule has 1 heterocycles. The van der Waals surface area contributed by atoms with Gasteiger partial charge in [-0.1, -0.05) is 18.2 Å². The van der Waals surface area contributed by atoms with Gasteiger partial charge in [-0.3, -0.25) is 4.79 Å². The van der Waals surface area contributed by atoms with E-state index in [4.69, 9.17) is 5.26 Å². The van der Waals surface area contributed by atoms with Crippen molar-refractivity contribution in [2.24, 2.45) is 0 Å². The fourth-order valence-corrected chi connectivity index (χ4v) is 4.54. The van der Waals surface area contributed by atoms with Gasteiger partial charge in [0, 0.05) is 31.9 Å². The molecule has 1 fully saturated rings. The molecule has 1 aliphatic rings. The third-order valence-electron chi connectivity index (χ3n) is 4.97. The topological polar surface area (TPSA) is 93.5 Å². The van der Waals surface area contributed by atoms with Crippen molar-refractivity contribution in [3.05, 3.63) is 60.2 Å². The molecule has 0 aromatic heterocycles. The first kappa shape index (κ1) is 20.8. The Kier molecular flexibility index (Phi) is 6.52. The first-order chi connectivity index (χ1) is 13.9. The molecule has 2 aromatic rings. The van der Waals surface area contributed by atoms with Gasteiger partial charge in [-0.05, 0) is 49.2 Å². The minimum atomic E-state index is -3.80. The number of piperidine rings is 1. The molecule has 0 aliphatic carbocycles. The summed E-state index contributed by atoms with van der Waals surface area (Å²) in [6.07, 6.45) is 1.82. The van der Waals surface area contributed by atoms with E-state index in [1.54, 1.807) is 0 Å². The van der Waals surface area contributed by atoms with Gasteiger partial charge in [0.2, 0.25) is 15.9 Å². The Morgan fingerprint density at radius 2 is 1.90 bits per heavy atom. The number of rotatable bonds is 6. The maximum Gasteiger partial charge on any atom is 0.243 e. The zero-order valence-corrected chi connectivity index (χ0v) is 17.1. The smallest absolute Gasteiger partial charge is 0.243 e. The van der Waals surface area contributed by atoms with Crippen LogP contribution in [0.25, 0.3) is 0 Å². The van der Waals surface area contributed by atoms with Crippen molar-refractivity contribution in [3.8, 4) is 6.07 Å². The van der Waals surface area contributed by atoms with Gasteiger partial charge < -0.3 is 10.2 Å². The van der Waals surface area contributed by atoms with Gasteiger partial charge in [0.1, 0.15) is 0 Å². The van der Waals surface area contributed by atoms with Crippen LogP contribution in [-0.4, -0.2) is 51.4 Å². The molecular weight excluding hydrogens is 388 g/mol. The predicted octanol–water partition coefficient (Wildman–Crippen LogP) is 1.96. The molecule has 0 spiro atoms. The van der Waals surface area contributed by atoms with E-state index >= 15 is 0 Å². The van der Waals surface area contributed by atoms with Crippen molar-refractivity contribution in [2.75, 3.05) is 31.6 Å². The fourth-order valence-electron chi connectivity index (χ4n) is 3.41. The van der Waals surface area contributed by atoms with Crippen molar-refractivity contribution in [1.82, 2.24) is 9.62 Å². The minimum Gasteiger partial charge on any atom is -0.369 e. The van der Waals surface area contributed by atoms with Crippen LogP contribution in [0.5, 0.6) is 0 Å². The van der Waals surface area contributed by atoms with Crippen LogP contribution in [0, 0.1) is 11.3 Å². The van der Waals surface area contributed by atoms with Gasteiger partial charge in [-0.15, -0.1) is 0 Å². The average Bonchev–Trinajstić information content (AvgIpc) is 2.74. The number of hydrogen-bond acceptors (Lipinski definition) is 5. The number of likely N-dealkylation sites (N-methyl/N-ethyl adjacent to an activating group) is 1. The Bertz CT molecular complexity index is 985. The Balaban J connectivity index is 1.58. The number of anilines is 1. The third-order valence-corrected chi connectivity index (χ3v) is 6.78. The van der Waals surface area contributed by atoms with Crippen molar-refractivity contribution < 1.29 is 13.2 Å². The number of carbonyl (C=O) groups is 1. The number of hydrogen-bond donors (Lipinski definition) is 1. The molecule has 152 valence electrons. The van der Waals surface area contributed by atoms with E-state index in [9.17, 15) is 13.2 Å². The second-order valence-electron chi connectivity index (χ2n) is 7.09. The number of nitrogens with zero attached hydrogens (tertiary/aromatic N) is 3. The molecular formula is C21H24N4O3S. The number of para-hydroxylation sites is 1. The van der Waals surface area contributed by atoms with Crippen LogP contribution >= 0.6 is 0 Å². The molecule has 1 N–H and O–H groups in total. The number of amides is 1. The summed E-state index contributed by atoms with van der Waals surface area (Å²) in [5.41, 5.74) is 1.50. The van der Waals surface area contributed by atoms with Crippen molar-refractivity contribution in [2.45, 2.75) is 23.8 Å². The van der Waals surface area contributed by atoms with Gasteiger partial charge in [0.25, 0.3) is 0 Å². The van der Waals surface area contributed by atoms with Crippen LogP contribution in [0.15, 0.2) is 59.5 Å². The van der Waals surface area contributed by atoms with Crippen LogP contribution in [0.2, 0.25) is 0 Å². The average molecular weight is 413 g/mol. The summed E-state index contributed by atoms with van der Waals surface area (Å²) in [7, 11) is -2.42. The van der Waals surface area contributed by atoms with Crippen molar-refractivity contribution >= 4 is 21.6 Å². The van der Waals surface area contributed by atoms with Crippen LogP contribution in [0.3, 0.4) is 0 Å². The highest BCUT2D eigenvalue weighted by atomic mass is 32.2. The first-order valence-electron chi connectivity index (χ1n) is 9.46. The third kappa shape index (κ3) is 5.13.